The molecule has 2 aromatic carbocycles. The molecule has 0 atom stereocenters. The van der Waals surface area contributed by atoms with Crippen LogP contribution in [0.4, 0.5) is 15.8 Å². The van der Waals surface area contributed by atoms with Crippen LogP contribution in [0.5, 0.6) is 5.75 Å². The molecule has 1 aliphatic rings. The third kappa shape index (κ3) is 4.89. The summed E-state index contributed by atoms with van der Waals surface area (Å²) in [4.78, 5) is 14.5. The second kappa shape index (κ2) is 9.37. The van der Waals surface area contributed by atoms with Gasteiger partial charge in [-0.25, -0.2) is 4.39 Å². The van der Waals surface area contributed by atoms with E-state index < -0.39 is 0 Å². The van der Waals surface area contributed by atoms with Crippen molar-refractivity contribution < 1.29 is 13.9 Å². The Morgan fingerprint density at radius 3 is 2.61 bits per heavy atom. The van der Waals surface area contributed by atoms with Crippen LogP contribution in [-0.2, 0) is 4.79 Å². The van der Waals surface area contributed by atoms with Gasteiger partial charge in [0.2, 0.25) is 0 Å². The van der Waals surface area contributed by atoms with Crippen LogP contribution in [0, 0.1) is 5.82 Å². The van der Waals surface area contributed by atoms with Gasteiger partial charge in [-0.2, -0.15) is 0 Å². The summed E-state index contributed by atoms with van der Waals surface area (Å²) in [5.74, 6) is 0.189. The Bertz CT molecular complexity index is 845. The molecule has 0 bridgehead atoms. The topological polar surface area (TPSA) is 53.6 Å². The number of rotatable bonds is 9. The van der Waals surface area contributed by atoms with Crippen LogP contribution in [0.15, 0.2) is 48.7 Å². The van der Waals surface area contributed by atoms with Crippen molar-refractivity contribution in [2.75, 3.05) is 36.9 Å². The number of nitrogens with one attached hydrogen (secondary N) is 2. The van der Waals surface area contributed by atoms with Crippen molar-refractivity contribution in [3.05, 3.63) is 60.0 Å². The molecule has 2 N–H and O–H groups in total. The minimum Gasteiger partial charge on any atom is -0.494 e. The summed E-state index contributed by atoms with van der Waals surface area (Å²) in [7, 11) is 0. The van der Waals surface area contributed by atoms with Crippen LogP contribution in [0.1, 0.15) is 25.8 Å². The third-order valence-corrected chi connectivity index (χ3v) is 4.78. The first kappa shape index (κ1) is 19.9. The van der Waals surface area contributed by atoms with Gasteiger partial charge in [0.1, 0.15) is 11.6 Å². The highest BCUT2D eigenvalue weighted by Gasteiger charge is 2.24. The number of benzene rings is 2. The summed E-state index contributed by atoms with van der Waals surface area (Å²) in [6.45, 7) is 8.15. The van der Waals surface area contributed by atoms with Crippen molar-refractivity contribution in [1.29, 1.82) is 0 Å². The van der Waals surface area contributed by atoms with E-state index in [1.807, 2.05) is 24.3 Å². The van der Waals surface area contributed by atoms with Crippen LogP contribution < -0.4 is 15.4 Å². The average molecular weight is 383 g/mol. The number of hydrogen-bond acceptors (Lipinski definition) is 4. The fourth-order valence-corrected chi connectivity index (χ4v) is 3.12. The lowest BCUT2D eigenvalue weighted by molar-refractivity contribution is -0.110. The summed E-state index contributed by atoms with van der Waals surface area (Å²) in [6, 6.07) is 11.8. The van der Waals surface area contributed by atoms with Crippen molar-refractivity contribution in [3.8, 4) is 5.75 Å². The zero-order valence-corrected chi connectivity index (χ0v) is 16.3. The molecule has 148 valence electrons. The van der Waals surface area contributed by atoms with Gasteiger partial charge in [0, 0.05) is 29.7 Å². The Kier molecular flexibility index (Phi) is 6.66. The van der Waals surface area contributed by atoms with Gasteiger partial charge in [0.05, 0.1) is 12.2 Å². The number of nitrogens with zero attached hydrogens (tertiary/aromatic N) is 1. The van der Waals surface area contributed by atoms with Gasteiger partial charge >= 0.3 is 0 Å². The lowest BCUT2D eigenvalue weighted by Gasteiger charge is -2.17. The lowest BCUT2D eigenvalue weighted by atomic mass is 10.1. The Labute approximate surface area is 165 Å². The maximum absolute atomic E-state index is 13.5. The Hall–Kier alpha value is -2.86. The molecule has 3 rings (SSSR count). The predicted octanol–water partition coefficient (Wildman–Crippen LogP) is 4.34. The normalized spacial score (nSPS) is 14.3. The smallest absolute Gasteiger partial charge is 0.257 e. The largest absolute Gasteiger partial charge is 0.494 e. The minimum absolute atomic E-state index is 0.249. The van der Waals surface area contributed by atoms with Gasteiger partial charge in [-0.05, 0) is 62.0 Å². The van der Waals surface area contributed by atoms with Crippen molar-refractivity contribution in [2.45, 2.75) is 20.3 Å². The van der Waals surface area contributed by atoms with Crippen LogP contribution in [0.2, 0.25) is 0 Å². The lowest BCUT2D eigenvalue weighted by Crippen LogP contribution is -2.25. The molecule has 1 aliphatic heterocycles. The number of anilines is 2. The zero-order chi connectivity index (χ0) is 19.9. The Morgan fingerprint density at radius 2 is 1.89 bits per heavy atom. The second-order valence-electron chi connectivity index (χ2n) is 6.60. The van der Waals surface area contributed by atoms with E-state index in [0.29, 0.717) is 23.4 Å². The summed E-state index contributed by atoms with van der Waals surface area (Å²) < 4.78 is 19.3. The fourth-order valence-electron chi connectivity index (χ4n) is 3.12. The highest BCUT2D eigenvalue weighted by molar-refractivity contribution is 6.31. The molecule has 0 aliphatic carbocycles. The maximum atomic E-state index is 13.5. The predicted molar refractivity (Wildman–Crippen MR) is 111 cm³/mol. The number of carbonyl (C=O) groups excluding carboxylic acids is 1. The van der Waals surface area contributed by atoms with Crippen LogP contribution in [0.3, 0.4) is 0 Å². The van der Waals surface area contributed by atoms with Crippen molar-refractivity contribution >= 4 is 22.9 Å². The molecule has 0 aromatic heterocycles. The first-order valence-corrected chi connectivity index (χ1v) is 9.64. The third-order valence-electron chi connectivity index (χ3n) is 4.78. The van der Waals surface area contributed by atoms with Crippen LogP contribution >= 0.6 is 0 Å². The monoisotopic (exact) mass is 383 g/mol. The summed E-state index contributed by atoms with van der Waals surface area (Å²) in [5.41, 5.74) is 2.41. The summed E-state index contributed by atoms with van der Waals surface area (Å²) >= 11 is 0. The molecule has 5 nitrogen and oxygen atoms in total. The van der Waals surface area contributed by atoms with E-state index in [0.717, 1.165) is 37.5 Å². The van der Waals surface area contributed by atoms with E-state index in [1.165, 1.54) is 12.1 Å². The quantitative estimate of drug-likeness (QED) is 0.500. The first-order valence-electron chi connectivity index (χ1n) is 9.64. The van der Waals surface area contributed by atoms with Crippen molar-refractivity contribution in [2.24, 2.45) is 0 Å². The highest BCUT2D eigenvalue weighted by Crippen LogP contribution is 2.32. The standard InChI is InChI=1S/C22H26FN3O2/c1-3-26(4-2)12-5-13-28-18-9-7-17(8-10-18)24-15-20-19-14-16(23)6-11-21(19)25-22(20)27/h6-11,14-15,24H,3-5,12-13H2,1-2H3,(H,25,27)/b20-15+. The molecule has 0 radical (unpaired) electrons. The number of fused-ring (bicyclic) bond motifs is 1. The fraction of sp³-hybridized carbons (Fsp3) is 0.318. The molecule has 0 unspecified atom stereocenters. The number of hydrogen-bond donors (Lipinski definition) is 2. The molecule has 0 fully saturated rings. The number of amides is 1. The molecular formula is C22H26FN3O2. The highest BCUT2D eigenvalue weighted by atomic mass is 19.1. The van der Waals surface area contributed by atoms with E-state index in [2.05, 4.69) is 29.4 Å². The molecule has 6 heteroatoms. The van der Waals surface area contributed by atoms with E-state index in [-0.39, 0.29) is 11.7 Å². The van der Waals surface area contributed by atoms with Crippen molar-refractivity contribution in [3.63, 3.8) is 0 Å². The van der Waals surface area contributed by atoms with Gasteiger partial charge in [0.15, 0.2) is 0 Å². The van der Waals surface area contributed by atoms with E-state index in [9.17, 15) is 9.18 Å². The maximum Gasteiger partial charge on any atom is 0.257 e. The van der Waals surface area contributed by atoms with Crippen molar-refractivity contribution in [1.82, 2.24) is 4.90 Å². The van der Waals surface area contributed by atoms with E-state index >= 15 is 0 Å². The van der Waals surface area contributed by atoms with Gasteiger partial charge in [-0.15, -0.1) is 0 Å². The molecule has 1 amide bonds. The van der Waals surface area contributed by atoms with E-state index in [1.54, 1.807) is 12.3 Å². The van der Waals surface area contributed by atoms with Gasteiger partial charge in [-0.1, -0.05) is 13.8 Å². The van der Waals surface area contributed by atoms with Gasteiger partial charge < -0.3 is 20.3 Å². The molecule has 2 aromatic rings. The molecule has 28 heavy (non-hydrogen) atoms. The first-order chi connectivity index (χ1) is 13.6. The van der Waals surface area contributed by atoms with Crippen LogP contribution in [-0.4, -0.2) is 37.0 Å². The number of halogens is 1. The molecular weight excluding hydrogens is 357 g/mol. The summed E-state index contributed by atoms with van der Waals surface area (Å²) in [5, 5.41) is 5.82. The Balaban J connectivity index is 1.54. The van der Waals surface area contributed by atoms with Gasteiger partial charge in [0.25, 0.3) is 5.91 Å². The summed E-state index contributed by atoms with van der Waals surface area (Å²) in [6.07, 6.45) is 2.58. The average Bonchev–Trinajstić information content (AvgIpc) is 3.02. The minimum atomic E-state index is -0.372. The van der Waals surface area contributed by atoms with Crippen LogP contribution in [0.25, 0.3) is 5.57 Å². The second-order valence-corrected chi connectivity index (χ2v) is 6.60. The van der Waals surface area contributed by atoms with E-state index in [4.69, 9.17) is 4.74 Å². The SMILES string of the molecule is CCN(CC)CCCOc1ccc(N/C=C2/C(=O)Nc3ccc(F)cc32)cc1. The molecule has 1 heterocycles. The number of carbonyl (C=O) groups is 1. The molecule has 0 saturated carbocycles. The Morgan fingerprint density at radius 1 is 1.14 bits per heavy atom. The van der Waals surface area contributed by atoms with Gasteiger partial charge in [-0.3, -0.25) is 4.79 Å². The number of ether oxygens (including phenoxy) is 1. The molecule has 0 spiro atoms. The zero-order valence-electron chi connectivity index (χ0n) is 16.3. The molecule has 0 saturated heterocycles.